The van der Waals surface area contributed by atoms with E-state index in [9.17, 15) is 18.0 Å². The summed E-state index contributed by atoms with van der Waals surface area (Å²) < 4.78 is 39.2. The van der Waals surface area contributed by atoms with Crippen molar-refractivity contribution >= 4 is 11.6 Å². The molecule has 1 saturated heterocycles. The Labute approximate surface area is 168 Å². The Morgan fingerprint density at radius 2 is 1.79 bits per heavy atom. The van der Waals surface area contributed by atoms with E-state index in [0.29, 0.717) is 31.9 Å². The summed E-state index contributed by atoms with van der Waals surface area (Å²) in [5, 5.41) is 0. The van der Waals surface area contributed by atoms with Crippen LogP contribution in [0, 0.1) is 19.8 Å². The molecule has 0 spiro atoms. The molecule has 1 aliphatic heterocycles. The highest BCUT2D eigenvalue weighted by molar-refractivity contribution is 5.83. The van der Waals surface area contributed by atoms with Crippen LogP contribution in [0.4, 0.5) is 18.9 Å². The van der Waals surface area contributed by atoms with Crippen molar-refractivity contribution in [2.24, 2.45) is 5.92 Å². The van der Waals surface area contributed by atoms with Gasteiger partial charge in [0.1, 0.15) is 0 Å². The van der Waals surface area contributed by atoms with Crippen LogP contribution in [-0.2, 0) is 11.0 Å². The Balaban J connectivity index is 1.38. The van der Waals surface area contributed by atoms with Gasteiger partial charge in [0.25, 0.3) is 0 Å². The molecule has 2 aliphatic rings. The van der Waals surface area contributed by atoms with Crippen molar-refractivity contribution in [2.75, 3.05) is 31.1 Å². The van der Waals surface area contributed by atoms with E-state index in [1.807, 2.05) is 42.0 Å². The predicted octanol–water partition coefficient (Wildman–Crippen LogP) is 4.17. The summed E-state index contributed by atoms with van der Waals surface area (Å²) in [6.07, 6.45) is -1.66. The van der Waals surface area contributed by atoms with E-state index in [1.54, 1.807) is 0 Å². The number of pyridine rings is 1. The molecule has 154 valence electrons. The zero-order valence-corrected chi connectivity index (χ0v) is 16.5. The first-order valence-electron chi connectivity index (χ1n) is 9.88. The molecule has 1 aliphatic carbocycles. The maximum atomic E-state index is 13.1. The van der Waals surface area contributed by atoms with E-state index in [2.05, 4.69) is 4.98 Å². The minimum Gasteiger partial charge on any atom is -0.368 e. The average Bonchev–Trinajstić information content (AvgIpc) is 3.48. The third kappa shape index (κ3) is 4.09. The Hall–Kier alpha value is -2.57. The predicted molar refractivity (Wildman–Crippen MR) is 105 cm³/mol. The number of hydrogen-bond donors (Lipinski definition) is 0. The third-order valence-electron chi connectivity index (χ3n) is 5.94. The molecule has 0 radical (unpaired) electrons. The van der Waals surface area contributed by atoms with Crippen molar-refractivity contribution in [3.8, 4) is 0 Å². The Morgan fingerprint density at radius 1 is 1.07 bits per heavy atom. The highest BCUT2D eigenvalue weighted by Crippen LogP contribution is 2.48. The molecule has 29 heavy (non-hydrogen) atoms. The summed E-state index contributed by atoms with van der Waals surface area (Å²) in [6, 6.07) is 7.85. The van der Waals surface area contributed by atoms with E-state index >= 15 is 0 Å². The molecule has 1 amide bonds. The summed E-state index contributed by atoms with van der Waals surface area (Å²) in [5.41, 5.74) is 2.84. The fourth-order valence-corrected chi connectivity index (χ4v) is 4.06. The van der Waals surface area contributed by atoms with Crippen LogP contribution in [0.2, 0.25) is 0 Å². The van der Waals surface area contributed by atoms with Crippen molar-refractivity contribution < 1.29 is 18.0 Å². The molecule has 0 bridgehead atoms. The van der Waals surface area contributed by atoms with Crippen molar-refractivity contribution in [3.63, 3.8) is 0 Å². The molecule has 1 aromatic heterocycles. The third-order valence-corrected chi connectivity index (χ3v) is 5.94. The van der Waals surface area contributed by atoms with Gasteiger partial charge in [-0.05, 0) is 55.5 Å². The van der Waals surface area contributed by atoms with Gasteiger partial charge in [0.05, 0.1) is 5.56 Å². The van der Waals surface area contributed by atoms with Gasteiger partial charge in [-0.1, -0.05) is 12.1 Å². The first kappa shape index (κ1) is 19.7. The van der Waals surface area contributed by atoms with Gasteiger partial charge in [-0.25, -0.2) is 0 Å². The number of piperazine rings is 1. The number of carbonyl (C=O) groups excluding carboxylic acids is 1. The SMILES string of the molecule is Cc1ccc([C@@H]2C[C@@H]2C(=O)N2CCN(c3cc(C(F)(F)F)ccc3C)CC2)cn1. The minimum atomic E-state index is -4.36. The van der Waals surface area contributed by atoms with Crippen LogP contribution in [0.15, 0.2) is 36.5 Å². The molecule has 1 saturated carbocycles. The first-order valence-corrected chi connectivity index (χ1v) is 9.88. The fraction of sp³-hybridized carbons (Fsp3) is 0.455. The van der Waals surface area contributed by atoms with Crippen molar-refractivity contribution in [1.82, 2.24) is 9.88 Å². The second-order valence-electron chi connectivity index (χ2n) is 7.99. The standard InChI is InChI=1S/C22H24F3N3O/c1-14-3-6-17(22(23,24)25)11-20(14)27-7-9-28(10-8-27)21(29)19-12-18(19)16-5-4-15(2)26-13-16/h3-6,11,13,18-19H,7-10,12H2,1-2H3/t18-,19-/m0/s1. The van der Waals surface area contributed by atoms with Crippen LogP contribution in [0.25, 0.3) is 0 Å². The zero-order chi connectivity index (χ0) is 20.8. The van der Waals surface area contributed by atoms with E-state index < -0.39 is 11.7 Å². The Morgan fingerprint density at radius 3 is 2.41 bits per heavy atom. The van der Waals surface area contributed by atoms with Crippen LogP contribution in [0.3, 0.4) is 0 Å². The number of carbonyl (C=O) groups is 1. The number of aryl methyl sites for hydroxylation is 2. The van der Waals surface area contributed by atoms with Gasteiger partial charge in [0, 0.05) is 49.7 Å². The Bertz CT molecular complexity index is 903. The lowest BCUT2D eigenvalue weighted by Crippen LogP contribution is -2.49. The Kier molecular flexibility index (Phi) is 5.00. The van der Waals surface area contributed by atoms with E-state index in [-0.39, 0.29) is 17.7 Å². The topological polar surface area (TPSA) is 36.4 Å². The molecule has 4 rings (SSSR count). The average molecular weight is 403 g/mol. The van der Waals surface area contributed by atoms with E-state index in [1.165, 1.54) is 12.1 Å². The maximum absolute atomic E-state index is 13.1. The normalized spacial score (nSPS) is 22.0. The van der Waals surface area contributed by atoms with Gasteiger partial charge in [-0.2, -0.15) is 13.2 Å². The molecule has 7 heteroatoms. The van der Waals surface area contributed by atoms with Gasteiger partial charge in [0.15, 0.2) is 0 Å². The fourth-order valence-electron chi connectivity index (χ4n) is 4.06. The molecule has 0 N–H and O–H groups in total. The van der Waals surface area contributed by atoms with Crippen LogP contribution in [-0.4, -0.2) is 42.0 Å². The molecule has 1 aromatic carbocycles. The smallest absolute Gasteiger partial charge is 0.368 e. The summed E-state index contributed by atoms with van der Waals surface area (Å²) in [6.45, 7) is 5.89. The summed E-state index contributed by atoms with van der Waals surface area (Å²) in [7, 11) is 0. The summed E-state index contributed by atoms with van der Waals surface area (Å²) in [4.78, 5) is 21.0. The van der Waals surface area contributed by atoms with Gasteiger partial charge >= 0.3 is 6.18 Å². The molecule has 2 aromatic rings. The van der Waals surface area contributed by atoms with Crippen LogP contribution < -0.4 is 4.90 Å². The van der Waals surface area contributed by atoms with E-state index in [4.69, 9.17) is 0 Å². The van der Waals surface area contributed by atoms with E-state index in [0.717, 1.165) is 29.3 Å². The van der Waals surface area contributed by atoms with Crippen LogP contribution >= 0.6 is 0 Å². The second-order valence-corrected chi connectivity index (χ2v) is 7.99. The largest absolute Gasteiger partial charge is 0.416 e. The molecular weight excluding hydrogens is 379 g/mol. The first-order chi connectivity index (χ1) is 13.7. The maximum Gasteiger partial charge on any atom is 0.416 e. The lowest BCUT2D eigenvalue weighted by Gasteiger charge is -2.37. The number of rotatable bonds is 3. The minimum absolute atomic E-state index is 0.00125. The number of amides is 1. The number of nitrogens with zero attached hydrogens (tertiary/aromatic N) is 3. The van der Waals surface area contributed by atoms with Gasteiger partial charge in [-0.3, -0.25) is 9.78 Å². The highest BCUT2D eigenvalue weighted by Gasteiger charge is 2.46. The lowest BCUT2D eigenvalue weighted by atomic mass is 10.1. The molecule has 2 fully saturated rings. The molecular formula is C22H24F3N3O. The number of aromatic nitrogens is 1. The van der Waals surface area contributed by atoms with Crippen molar-refractivity contribution in [2.45, 2.75) is 32.4 Å². The van der Waals surface area contributed by atoms with Crippen molar-refractivity contribution in [1.29, 1.82) is 0 Å². The van der Waals surface area contributed by atoms with Gasteiger partial charge in [0.2, 0.25) is 5.91 Å². The zero-order valence-electron chi connectivity index (χ0n) is 16.5. The van der Waals surface area contributed by atoms with Gasteiger partial charge < -0.3 is 9.80 Å². The summed E-state index contributed by atoms with van der Waals surface area (Å²) >= 11 is 0. The molecule has 2 atom stereocenters. The molecule has 4 nitrogen and oxygen atoms in total. The number of alkyl halides is 3. The van der Waals surface area contributed by atoms with Crippen LogP contribution in [0.1, 0.15) is 34.7 Å². The summed E-state index contributed by atoms with van der Waals surface area (Å²) in [5.74, 6) is 0.386. The quantitative estimate of drug-likeness (QED) is 0.772. The van der Waals surface area contributed by atoms with Gasteiger partial charge in [-0.15, -0.1) is 0 Å². The highest BCUT2D eigenvalue weighted by atomic mass is 19.4. The monoisotopic (exact) mass is 403 g/mol. The molecule has 0 unspecified atom stereocenters. The number of hydrogen-bond acceptors (Lipinski definition) is 3. The second kappa shape index (κ2) is 7.35. The lowest BCUT2D eigenvalue weighted by molar-refractivity contribution is -0.137. The van der Waals surface area contributed by atoms with Crippen molar-refractivity contribution in [3.05, 3.63) is 58.9 Å². The number of anilines is 1. The number of halogens is 3. The van der Waals surface area contributed by atoms with Crippen LogP contribution in [0.5, 0.6) is 0 Å². The molecule has 2 heterocycles. The number of benzene rings is 1.